The van der Waals surface area contributed by atoms with Gasteiger partial charge in [0.25, 0.3) is 0 Å². The topological polar surface area (TPSA) is 75.4 Å². The highest BCUT2D eigenvalue weighted by molar-refractivity contribution is 5.90. The Hall–Kier alpha value is -0.810. The molecule has 5 nitrogen and oxygen atoms in total. The molecule has 0 aromatic carbocycles. The van der Waals surface area contributed by atoms with Crippen LogP contribution in [0.2, 0.25) is 0 Å². The first-order valence-electron chi connectivity index (χ1n) is 5.60. The predicted molar refractivity (Wildman–Crippen MR) is 68.9 cm³/mol. The lowest BCUT2D eigenvalue weighted by Crippen LogP contribution is -2.47. The van der Waals surface area contributed by atoms with Gasteiger partial charge in [-0.05, 0) is 18.4 Å². The molecule has 0 radical (unpaired) electrons. The molecule has 6 heteroatoms. The molecule has 100 valence electrons. The lowest BCUT2D eigenvalue weighted by Gasteiger charge is -2.30. The summed E-state index contributed by atoms with van der Waals surface area (Å²) in [5, 5.41) is 2.68. The minimum atomic E-state index is -0.342. The van der Waals surface area contributed by atoms with E-state index in [4.69, 9.17) is 5.73 Å². The number of halogens is 1. The third kappa shape index (κ3) is 4.52. The Bertz CT molecular complexity index is 294. The van der Waals surface area contributed by atoms with Gasteiger partial charge in [-0.3, -0.25) is 9.59 Å². The molecule has 1 heterocycles. The highest BCUT2D eigenvalue weighted by atomic mass is 35.5. The Morgan fingerprint density at radius 3 is 2.59 bits per heavy atom. The van der Waals surface area contributed by atoms with Crippen LogP contribution in [-0.4, -0.2) is 42.9 Å². The summed E-state index contributed by atoms with van der Waals surface area (Å²) in [4.78, 5) is 24.6. The number of nitrogens with two attached hydrogens (primary N) is 1. The van der Waals surface area contributed by atoms with E-state index < -0.39 is 0 Å². The largest absolute Gasteiger partial charge is 0.344 e. The van der Waals surface area contributed by atoms with Crippen LogP contribution in [0.4, 0.5) is 0 Å². The Balaban J connectivity index is 0.00000256. The van der Waals surface area contributed by atoms with Crippen LogP contribution in [0.15, 0.2) is 0 Å². The Morgan fingerprint density at radius 1 is 1.59 bits per heavy atom. The first kappa shape index (κ1) is 16.2. The van der Waals surface area contributed by atoms with Crippen molar-refractivity contribution >= 4 is 24.2 Å². The maximum atomic E-state index is 12.0. The average Bonchev–Trinajstić information content (AvgIpc) is 2.63. The molecule has 0 aromatic rings. The lowest BCUT2D eigenvalue weighted by atomic mass is 9.93. The van der Waals surface area contributed by atoms with Crippen molar-refractivity contribution in [3.8, 4) is 0 Å². The lowest BCUT2D eigenvalue weighted by molar-refractivity contribution is -0.134. The van der Waals surface area contributed by atoms with E-state index in [2.05, 4.69) is 5.32 Å². The number of likely N-dealkylation sites (N-methyl/N-ethyl adjacent to an activating group) is 1. The van der Waals surface area contributed by atoms with Gasteiger partial charge >= 0.3 is 0 Å². The van der Waals surface area contributed by atoms with Gasteiger partial charge in [-0.1, -0.05) is 13.8 Å². The number of nitrogens with one attached hydrogen (secondary N) is 1. The van der Waals surface area contributed by atoms with Gasteiger partial charge in [0, 0.05) is 20.0 Å². The van der Waals surface area contributed by atoms with E-state index in [1.54, 1.807) is 11.9 Å². The highest BCUT2D eigenvalue weighted by Crippen LogP contribution is 2.16. The van der Waals surface area contributed by atoms with Crippen molar-refractivity contribution in [1.29, 1.82) is 0 Å². The maximum Gasteiger partial charge on any atom is 0.244 e. The zero-order chi connectivity index (χ0) is 12.3. The molecule has 2 amide bonds. The third-order valence-corrected chi connectivity index (χ3v) is 2.89. The van der Waals surface area contributed by atoms with E-state index in [1.165, 1.54) is 0 Å². The summed E-state index contributed by atoms with van der Waals surface area (Å²) in [6, 6.07) is -0.342. The summed E-state index contributed by atoms with van der Waals surface area (Å²) in [5.74, 6) is -0.0581. The van der Waals surface area contributed by atoms with Crippen LogP contribution in [-0.2, 0) is 9.59 Å². The molecule has 1 aliphatic heterocycles. The molecule has 0 saturated carbocycles. The van der Waals surface area contributed by atoms with Gasteiger partial charge in [-0.2, -0.15) is 0 Å². The van der Waals surface area contributed by atoms with E-state index >= 15 is 0 Å². The van der Waals surface area contributed by atoms with Crippen LogP contribution in [0.1, 0.15) is 26.7 Å². The first-order valence-corrected chi connectivity index (χ1v) is 5.60. The molecule has 0 spiro atoms. The summed E-state index contributed by atoms with van der Waals surface area (Å²) in [7, 11) is 1.75. The second-order valence-electron chi connectivity index (χ2n) is 5.22. The fraction of sp³-hybridized carbons (Fsp3) is 0.818. The van der Waals surface area contributed by atoms with Gasteiger partial charge in [-0.15, -0.1) is 12.4 Å². The van der Waals surface area contributed by atoms with E-state index in [1.807, 2.05) is 13.8 Å². The number of hydrogen-bond donors (Lipinski definition) is 2. The number of amides is 2. The molecule has 0 unspecified atom stereocenters. The van der Waals surface area contributed by atoms with Crippen LogP contribution in [0, 0.1) is 5.41 Å². The summed E-state index contributed by atoms with van der Waals surface area (Å²) in [6.45, 7) is 5.17. The van der Waals surface area contributed by atoms with Crippen LogP contribution in [0.5, 0.6) is 0 Å². The maximum absolute atomic E-state index is 12.0. The fourth-order valence-corrected chi connectivity index (χ4v) is 1.85. The third-order valence-electron chi connectivity index (χ3n) is 2.89. The number of hydrogen-bond acceptors (Lipinski definition) is 3. The Kier molecular flexibility index (Phi) is 5.92. The predicted octanol–water partition coefficient (Wildman–Crippen LogP) is 0.130. The molecule has 3 N–H and O–H groups in total. The Labute approximate surface area is 109 Å². The highest BCUT2D eigenvalue weighted by Gasteiger charge is 2.31. The Morgan fingerprint density at radius 2 is 2.18 bits per heavy atom. The van der Waals surface area contributed by atoms with E-state index in [0.29, 0.717) is 25.9 Å². The molecular formula is C11H22ClN3O2. The van der Waals surface area contributed by atoms with Crippen molar-refractivity contribution in [2.75, 3.05) is 20.1 Å². The van der Waals surface area contributed by atoms with Crippen LogP contribution < -0.4 is 11.1 Å². The molecule has 0 bridgehead atoms. The van der Waals surface area contributed by atoms with Gasteiger partial charge in [-0.25, -0.2) is 0 Å². The van der Waals surface area contributed by atoms with Gasteiger partial charge in [0.05, 0.1) is 0 Å². The number of carbonyl (C=O) groups excluding carboxylic acids is 2. The van der Waals surface area contributed by atoms with E-state index in [0.717, 1.165) is 0 Å². The van der Waals surface area contributed by atoms with Gasteiger partial charge in [0.15, 0.2) is 0 Å². The number of rotatable bonds is 4. The van der Waals surface area contributed by atoms with Crippen LogP contribution in [0.3, 0.4) is 0 Å². The van der Waals surface area contributed by atoms with Gasteiger partial charge in [0.2, 0.25) is 11.8 Å². The second-order valence-corrected chi connectivity index (χ2v) is 5.22. The number of nitrogens with zero attached hydrogens (tertiary/aromatic N) is 1. The van der Waals surface area contributed by atoms with E-state index in [-0.39, 0.29) is 35.7 Å². The average molecular weight is 264 g/mol. The standard InChI is InChI=1S/C11H21N3O2.ClH/c1-11(2,6-12)7-14(3)10(16)8-4-5-9(15)13-8;/h8H,4-7,12H2,1-3H3,(H,13,15);1H/t8-;/m1./s1. The van der Waals surface area contributed by atoms with Crippen molar-refractivity contribution in [2.45, 2.75) is 32.7 Å². The van der Waals surface area contributed by atoms with Crippen LogP contribution in [0.25, 0.3) is 0 Å². The zero-order valence-electron chi connectivity index (χ0n) is 10.7. The van der Waals surface area contributed by atoms with Gasteiger partial charge < -0.3 is 16.0 Å². The molecule has 1 saturated heterocycles. The zero-order valence-corrected chi connectivity index (χ0v) is 11.5. The summed E-state index contributed by atoms with van der Waals surface area (Å²) < 4.78 is 0. The summed E-state index contributed by atoms with van der Waals surface area (Å²) in [6.07, 6.45) is 1.05. The smallest absolute Gasteiger partial charge is 0.244 e. The molecule has 17 heavy (non-hydrogen) atoms. The first-order chi connectivity index (χ1) is 7.35. The molecule has 0 aromatic heterocycles. The molecule has 0 aliphatic carbocycles. The van der Waals surface area contributed by atoms with Gasteiger partial charge in [0.1, 0.15) is 6.04 Å². The molecular weight excluding hydrogens is 242 g/mol. The fourth-order valence-electron chi connectivity index (χ4n) is 1.85. The normalized spacial score (nSPS) is 19.5. The minimum Gasteiger partial charge on any atom is -0.344 e. The minimum absolute atomic E-state index is 0. The number of carbonyl (C=O) groups is 2. The molecule has 1 aliphatic rings. The van der Waals surface area contributed by atoms with Crippen molar-refractivity contribution < 1.29 is 9.59 Å². The summed E-state index contributed by atoms with van der Waals surface area (Å²) >= 11 is 0. The quantitative estimate of drug-likeness (QED) is 0.757. The van der Waals surface area contributed by atoms with Crippen LogP contribution >= 0.6 is 12.4 Å². The monoisotopic (exact) mass is 263 g/mol. The summed E-state index contributed by atoms with van der Waals surface area (Å²) in [5.41, 5.74) is 5.53. The molecule has 1 atom stereocenters. The van der Waals surface area contributed by atoms with Crippen molar-refractivity contribution in [3.63, 3.8) is 0 Å². The molecule has 1 fully saturated rings. The SMILES string of the molecule is CN(CC(C)(C)CN)C(=O)[C@H]1CCC(=O)N1.Cl. The second kappa shape index (κ2) is 6.21. The van der Waals surface area contributed by atoms with Crippen molar-refractivity contribution in [3.05, 3.63) is 0 Å². The van der Waals surface area contributed by atoms with Crippen molar-refractivity contribution in [1.82, 2.24) is 10.2 Å². The van der Waals surface area contributed by atoms with Crippen molar-refractivity contribution in [2.24, 2.45) is 11.1 Å². The van der Waals surface area contributed by atoms with E-state index in [9.17, 15) is 9.59 Å². The molecule has 1 rings (SSSR count).